The molecule has 1 amide bonds. The second-order valence-corrected chi connectivity index (χ2v) is 7.44. The van der Waals surface area contributed by atoms with Gasteiger partial charge in [-0.25, -0.2) is 4.98 Å². The van der Waals surface area contributed by atoms with E-state index in [1.807, 2.05) is 5.51 Å². The van der Waals surface area contributed by atoms with Crippen molar-refractivity contribution in [1.29, 1.82) is 0 Å². The van der Waals surface area contributed by atoms with Gasteiger partial charge >= 0.3 is 0 Å². The number of carbonyl (C=O) groups excluding carboxylic acids is 1. The molecule has 0 radical (unpaired) electrons. The second kappa shape index (κ2) is 5.69. The number of aromatic nitrogens is 1. The largest absolute Gasteiger partial charge is 0.340 e. The maximum atomic E-state index is 12.6. The van der Waals surface area contributed by atoms with Crippen molar-refractivity contribution < 1.29 is 4.79 Å². The fourth-order valence-corrected chi connectivity index (χ4v) is 4.79. The smallest absolute Gasteiger partial charge is 0.226 e. The summed E-state index contributed by atoms with van der Waals surface area (Å²) in [5.41, 5.74) is 3.05. The van der Waals surface area contributed by atoms with Crippen LogP contribution in [0.4, 0.5) is 0 Å². The van der Waals surface area contributed by atoms with Gasteiger partial charge in [0.2, 0.25) is 5.91 Å². The molecule has 4 nitrogen and oxygen atoms in total. The maximum Gasteiger partial charge on any atom is 0.226 e. The van der Waals surface area contributed by atoms with Crippen LogP contribution in [0.15, 0.2) is 10.9 Å². The van der Waals surface area contributed by atoms with E-state index >= 15 is 0 Å². The van der Waals surface area contributed by atoms with E-state index in [1.165, 1.54) is 25.7 Å². The van der Waals surface area contributed by atoms with E-state index in [9.17, 15) is 4.79 Å². The highest BCUT2D eigenvalue weighted by Crippen LogP contribution is 2.56. The molecule has 5 heteroatoms. The Morgan fingerprint density at radius 1 is 1.19 bits per heavy atom. The summed E-state index contributed by atoms with van der Waals surface area (Å²) in [7, 11) is 0. The Morgan fingerprint density at radius 2 is 1.90 bits per heavy atom. The van der Waals surface area contributed by atoms with Crippen molar-refractivity contribution in [2.45, 2.75) is 32.2 Å². The van der Waals surface area contributed by atoms with Crippen LogP contribution in [0.5, 0.6) is 0 Å². The lowest BCUT2D eigenvalue weighted by molar-refractivity contribution is -0.135. The summed E-state index contributed by atoms with van der Waals surface area (Å²) in [6.45, 7) is 4.72. The zero-order valence-electron chi connectivity index (χ0n) is 12.4. The van der Waals surface area contributed by atoms with E-state index in [4.69, 9.17) is 0 Å². The van der Waals surface area contributed by atoms with Crippen LogP contribution in [-0.4, -0.2) is 46.9 Å². The molecule has 4 rings (SSSR count). The molecular formula is C16H23N3OS. The molecule has 1 saturated heterocycles. The van der Waals surface area contributed by atoms with Crippen molar-refractivity contribution in [1.82, 2.24) is 14.8 Å². The molecule has 0 N–H and O–H groups in total. The summed E-state index contributed by atoms with van der Waals surface area (Å²) in [5.74, 6) is 2.32. The summed E-state index contributed by atoms with van der Waals surface area (Å²) >= 11 is 1.65. The molecule has 0 spiro atoms. The molecule has 2 saturated carbocycles. The van der Waals surface area contributed by atoms with Gasteiger partial charge in [0, 0.05) is 44.0 Å². The molecule has 3 fully saturated rings. The molecule has 3 aliphatic rings. The lowest BCUT2D eigenvalue weighted by Gasteiger charge is -2.34. The molecule has 2 heterocycles. The van der Waals surface area contributed by atoms with Crippen molar-refractivity contribution in [2.24, 2.45) is 17.8 Å². The van der Waals surface area contributed by atoms with Gasteiger partial charge in [-0.2, -0.15) is 0 Å². The standard InChI is InChI=1S/C16H23N3OS/c20-16(15-13-3-1-2-4-14(13)15)19-7-5-18(6-8-19)9-12-10-21-11-17-12/h10-11,13-15H,1-9H2. The molecule has 114 valence electrons. The lowest BCUT2D eigenvalue weighted by Crippen LogP contribution is -2.49. The number of hydrogen-bond donors (Lipinski definition) is 0. The van der Waals surface area contributed by atoms with Crippen LogP contribution in [0.25, 0.3) is 0 Å². The molecule has 21 heavy (non-hydrogen) atoms. The Bertz CT molecular complexity index is 484. The maximum absolute atomic E-state index is 12.6. The van der Waals surface area contributed by atoms with Crippen LogP contribution in [0.1, 0.15) is 31.4 Å². The van der Waals surface area contributed by atoms with Crippen molar-refractivity contribution in [3.63, 3.8) is 0 Å². The first-order valence-corrected chi connectivity index (χ1v) is 9.15. The van der Waals surface area contributed by atoms with Crippen LogP contribution >= 0.6 is 11.3 Å². The molecule has 1 aromatic heterocycles. The third kappa shape index (κ3) is 2.73. The fraction of sp³-hybridized carbons (Fsp3) is 0.750. The van der Waals surface area contributed by atoms with Crippen LogP contribution in [-0.2, 0) is 11.3 Å². The van der Waals surface area contributed by atoms with Crippen molar-refractivity contribution >= 4 is 17.2 Å². The van der Waals surface area contributed by atoms with E-state index < -0.39 is 0 Å². The zero-order chi connectivity index (χ0) is 14.2. The van der Waals surface area contributed by atoms with Gasteiger partial charge in [-0.15, -0.1) is 11.3 Å². The second-order valence-electron chi connectivity index (χ2n) is 6.72. The van der Waals surface area contributed by atoms with Gasteiger partial charge in [0.1, 0.15) is 0 Å². The van der Waals surface area contributed by atoms with Gasteiger partial charge in [-0.1, -0.05) is 12.8 Å². The highest BCUT2D eigenvalue weighted by atomic mass is 32.1. The number of nitrogens with zero attached hydrogens (tertiary/aromatic N) is 3. The number of carbonyl (C=O) groups is 1. The minimum absolute atomic E-state index is 0.387. The quantitative estimate of drug-likeness (QED) is 0.859. The van der Waals surface area contributed by atoms with Crippen LogP contribution in [0.3, 0.4) is 0 Å². The number of hydrogen-bond acceptors (Lipinski definition) is 4. The van der Waals surface area contributed by atoms with Gasteiger partial charge in [0.15, 0.2) is 0 Å². The third-order valence-electron chi connectivity index (χ3n) is 5.49. The van der Waals surface area contributed by atoms with Gasteiger partial charge in [-0.3, -0.25) is 9.69 Å². The first-order chi connectivity index (χ1) is 10.3. The SMILES string of the molecule is O=C(C1C2CCCCC21)N1CCN(Cc2cscn2)CC1. The molecule has 0 bridgehead atoms. The predicted octanol–water partition coefficient (Wildman–Crippen LogP) is 2.22. The number of amides is 1. The van der Waals surface area contributed by atoms with Gasteiger partial charge < -0.3 is 4.90 Å². The van der Waals surface area contributed by atoms with E-state index in [0.717, 1.165) is 50.3 Å². The normalized spacial score (nSPS) is 32.8. The zero-order valence-corrected chi connectivity index (χ0v) is 13.2. The van der Waals surface area contributed by atoms with Crippen molar-refractivity contribution in [2.75, 3.05) is 26.2 Å². The minimum atomic E-state index is 0.387. The predicted molar refractivity (Wildman–Crippen MR) is 82.9 cm³/mol. The minimum Gasteiger partial charge on any atom is -0.340 e. The molecule has 1 aliphatic heterocycles. The van der Waals surface area contributed by atoms with Gasteiger partial charge in [0.25, 0.3) is 0 Å². The Labute approximate surface area is 130 Å². The molecule has 0 aromatic carbocycles. The van der Waals surface area contributed by atoms with Crippen LogP contribution in [0.2, 0.25) is 0 Å². The summed E-state index contributed by atoms with van der Waals surface area (Å²) in [6, 6.07) is 0. The molecule has 2 atom stereocenters. The average molecular weight is 305 g/mol. The monoisotopic (exact) mass is 305 g/mol. The number of rotatable bonds is 3. The Morgan fingerprint density at radius 3 is 2.52 bits per heavy atom. The summed E-state index contributed by atoms with van der Waals surface area (Å²) in [4.78, 5) is 21.5. The first kappa shape index (κ1) is 13.7. The summed E-state index contributed by atoms with van der Waals surface area (Å²) < 4.78 is 0. The van der Waals surface area contributed by atoms with E-state index in [2.05, 4.69) is 20.2 Å². The molecule has 2 aliphatic carbocycles. The Kier molecular flexibility index (Phi) is 3.71. The molecule has 1 aromatic rings. The average Bonchev–Trinajstić information content (AvgIpc) is 3.03. The molecule has 2 unspecified atom stereocenters. The van der Waals surface area contributed by atoms with Crippen LogP contribution in [0, 0.1) is 17.8 Å². The third-order valence-corrected chi connectivity index (χ3v) is 6.13. The highest BCUT2D eigenvalue weighted by Gasteiger charge is 2.55. The number of fused-ring (bicyclic) bond motifs is 1. The van der Waals surface area contributed by atoms with Crippen LogP contribution < -0.4 is 0 Å². The van der Waals surface area contributed by atoms with E-state index in [1.54, 1.807) is 11.3 Å². The van der Waals surface area contributed by atoms with E-state index in [-0.39, 0.29) is 0 Å². The van der Waals surface area contributed by atoms with E-state index in [0.29, 0.717) is 11.8 Å². The Balaban J connectivity index is 1.28. The summed E-state index contributed by atoms with van der Waals surface area (Å²) in [6.07, 6.45) is 5.27. The van der Waals surface area contributed by atoms with Gasteiger partial charge in [-0.05, 0) is 24.7 Å². The number of piperazine rings is 1. The Hall–Kier alpha value is -0.940. The topological polar surface area (TPSA) is 36.4 Å². The van der Waals surface area contributed by atoms with Crippen molar-refractivity contribution in [3.8, 4) is 0 Å². The highest BCUT2D eigenvalue weighted by molar-refractivity contribution is 7.07. The lowest BCUT2D eigenvalue weighted by atomic mass is 10.0. The first-order valence-electron chi connectivity index (χ1n) is 8.21. The molecular weight excluding hydrogens is 282 g/mol. The van der Waals surface area contributed by atoms with Gasteiger partial charge in [0.05, 0.1) is 11.2 Å². The fourth-order valence-electron chi connectivity index (χ4n) is 4.24. The van der Waals surface area contributed by atoms with Crippen molar-refractivity contribution in [3.05, 3.63) is 16.6 Å². The summed E-state index contributed by atoms with van der Waals surface area (Å²) in [5, 5.41) is 2.12. The number of thiazole rings is 1.